The Morgan fingerprint density at radius 1 is 1.44 bits per heavy atom. The summed E-state index contributed by atoms with van der Waals surface area (Å²) in [5.41, 5.74) is 0. The van der Waals surface area contributed by atoms with Gasteiger partial charge in [0.25, 0.3) is 0 Å². The van der Waals surface area contributed by atoms with E-state index in [2.05, 4.69) is 17.2 Å². The summed E-state index contributed by atoms with van der Waals surface area (Å²) in [4.78, 5) is 24.4. The second kappa shape index (κ2) is 8.91. The van der Waals surface area contributed by atoms with Crippen LogP contribution in [-0.2, 0) is 9.59 Å². The fourth-order valence-corrected chi connectivity index (χ4v) is 1.21. The Morgan fingerprint density at radius 2 is 2.12 bits per heavy atom. The van der Waals surface area contributed by atoms with Gasteiger partial charge in [-0.05, 0) is 6.42 Å². The van der Waals surface area contributed by atoms with Gasteiger partial charge >= 0.3 is 0 Å². The predicted molar refractivity (Wildman–Crippen MR) is 64.0 cm³/mol. The van der Waals surface area contributed by atoms with Crippen LogP contribution in [0.2, 0.25) is 0 Å². The van der Waals surface area contributed by atoms with Crippen LogP contribution in [0, 0.1) is 0 Å². The quantitative estimate of drug-likeness (QED) is 0.444. The molecule has 0 aliphatic heterocycles. The van der Waals surface area contributed by atoms with Gasteiger partial charge < -0.3 is 15.5 Å². The highest BCUT2D eigenvalue weighted by Gasteiger charge is 2.14. The summed E-state index contributed by atoms with van der Waals surface area (Å²) in [6.07, 6.45) is 2.53. The van der Waals surface area contributed by atoms with Crippen molar-refractivity contribution in [1.29, 1.82) is 0 Å². The molecule has 5 nitrogen and oxygen atoms in total. The third kappa shape index (κ3) is 6.19. The molecule has 0 fully saturated rings. The monoisotopic (exact) mass is 227 g/mol. The van der Waals surface area contributed by atoms with Crippen molar-refractivity contribution in [2.24, 2.45) is 0 Å². The van der Waals surface area contributed by atoms with E-state index in [1.54, 1.807) is 18.0 Å². The van der Waals surface area contributed by atoms with Crippen LogP contribution >= 0.6 is 0 Å². The zero-order valence-electron chi connectivity index (χ0n) is 10.1. The Morgan fingerprint density at radius 3 is 2.62 bits per heavy atom. The van der Waals surface area contributed by atoms with E-state index in [4.69, 9.17) is 0 Å². The number of hydrogen-bond acceptors (Lipinski definition) is 3. The molecule has 2 N–H and O–H groups in total. The summed E-state index contributed by atoms with van der Waals surface area (Å²) >= 11 is 0. The standard InChI is InChI=1S/C11H21N3O2/c1-4-6-13-8-11(16)14(7-5-2)9-10(15)12-3/h4,13H,1,5-9H2,2-3H3,(H,12,15). The van der Waals surface area contributed by atoms with Crippen LogP contribution in [0.3, 0.4) is 0 Å². The summed E-state index contributed by atoms with van der Waals surface area (Å²) in [5.74, 6) is -0.210. The van der Waals surface area contributed by atoms with Crippen molar-refractivity contribution in [3.05, 3.63) is 12.7 Å². The topological polar surface area (TPSA) is 61.4 Å². The molecule has 0 rings (SSSR count). The van der Waals surface area contributed by atoms with Gasteiger partial charge in [-0.3, -0.25) is 9.59 Å². The molecule has 0 bridgehead atoms. The van der Waals surface area contributed by atoms with Crippen molar-refractivity contribution in [2.45, 2.75) is 13.3 Å². The molecule has 0 aliphatic carbocycles. The average molecular weight is 227 g/mol. The van der Waals surface area contributed by atoms with Crippen molar-refractivity contribution >= 4 is 11.8 Å². The number of amides is 2. The molecule has 0 radical (unpaired) electrons. The van der Waals surface area contributed by atoms with Crippen molar-refractivity contribution in [3.63, 3.8) is 0 Å². The zero-order chi connectivity index (χ0) is 12.4. The largest absolute Gasteiger partial charge is 0.358 e. The number of hydrogen-bond donors (Lipinski definition) is 2. The number of carbonyl (C=O) groups is 2. The number of nitrogens with zero attached hydrogens (tertiary/aromatic N) is 1. The highest BCUT2D eigenvalue weighted by molar-refractivity contribution is 5.85. The van der Waals surface area contributed by atoms with E-state index in [0.29, 0.717) is 13.1 Å². The summed E-state index contributed by atoms with van der Waals surface area (Å²) in [7, 11) is 1.56. The van der Waals surface area contributed by atoms with Gasteiger partial charge in [-0.1, -0.05) is 13.0 Å². The zero-order valence-corrected chi connectivity index (χ0v) is 10.1. The normalized spacial score (nSPS) is 9.62. The third-order valence-electron chi connectivity index (χ3n) is 2.02. The fourth-order valence-electron chi connectivity index (χ4n) is 1.21. The van der Waals surface area contributed by atoms with Crippen LogP contribution in [0.5, 0.6) is 0 Å². The van der Waals surface area contributed by atoms with E-state index in [0.717, 1.165) is 6.42 Å². The molecule has 0 saturated carbocycles. The molecule has 0 spiro atoms. The lowest BCUT2D eigenvalue weighted by Gasteiger charge is -2.21. The van der Waals surface area contributed by atoms with Gasteiger partial charge in [0.1, 0.15) is 0 Å². The predicted octanol–water partition coefficient (Wildman–Crippen LogP) is -0.253. The molecule has 5 heteroatoms. The van der Waals surface area contributed by atoms with Crippen LogP contribution < -0.4 is 10.6 Å². The van der Waals surface area contributed by atoms with E-state index in [1.165, 1.54) is 0 Å². The fraction of sp³-hybridized carbons (Fsp3) is 0.636. The maximum Gasteiger partial charge on any atom is 0.239 e. The smallest absolute Gasteiger partial charge is 0.239 e. The molecular formula is C11H21N3O2. The maximum absolute atomic E-state index is 11.7. The number of likely N-dealkylation sites (N-methyl/N-ethyl adjacent to an activating group) is 1. The third-order valence-corrected chi connectivity index (χ3v) is 2.02. The molecule has 0 heterocycles. The van der Waals surface area contributed by atoms with Crippen molar-refractivity contribution in [3.8, 4) is 0 Å². The minimum absolute atomic E-state index is 0.0627. The minimum Gasteiger partial charge on any atom is -0.358 e. The van der Waals surface area contributed by atoms with E-state index in [9.17, 15) is 9.59 Å². The SMILES string of the molecule is C=CCNCC(=O)N(CCC)CC(=O)NC. The molecule has 16 heavy (non-hydrogen) atoms. The maximum atomic E-state index is 11.7. The molecule has 0 aromatic rings. The molecular weight excluding hydrogens is 206 g/mol. The lowest BCUT2D eigenvalue weighted by atomic mass is 10.3. The molecule has 0 atom stereocenters. The first-order valence-electron chi connectivity index (χ1n) is 5.45. The lowest BCUT2D eigenvalue weighted by Crippen LogP contribution is -2.43. The Labute approximate surface area is 96.9 Å². The van der Waals surface area contributed by atoms with Gasteiger partial charge in [-0.15, -0.1) is 6.58 Å². The second-order valence-electron chi connectivity index (χ2n) is 3.41. The van der Waals surface area contributed by atoms with Crippen molar-refractivity contribution in [1.82, 2.24) is 15.5 Å². The van der Waals surface area contributed by atoms with Gasteiger partial charge in [0, 0.05) is 20.1 Å². The van der Waals surface area contributed by atoms with Crippen LogP contribution in [0.15, 0.2) is 12.7 Å². The van der Waals surface area contributed by atoms with E-state index in [1.807, 2.05) is 6.92 Å². The van der Waals surface area contributed by atoms with Crippen LogP contribution in [0.25, 0.3) is 0 Å². The highest BCUT2D eigenvalue weighted by atomic mass is 16.2. The molecule has 92 valence electrons. The Kier molecular flexibility index (Phi) is 8.15. The van der Waals surface area contributed by atoms with Crippen LogP contribution in [-0.4, -0.2) is 49.9 Å². The Balaban J connectivity index is 4.11. The molecule has 0 aromatic heterocycles. The first kappa shape index (κ1) is 14.6. The van der Waals surface area contributed by atoms with Gasteiger partial charge in [-0.2, -0.15) is 0 Å². The van der Waals surface area contributed by atoms with Gasteiger partial charge in [0.2, 0.25) is 11.8 Å². The van der Waals surface area contributed by atoms with Crippen molar-refractivity contribution < 1.29 is 9.59 Å². The van der Waals surface area contributed by atoms with E-state index < -0.39 is 0 Å². The molecule has 2 amide bonds. The number of nitrogens with one attached hydrogen (secondary N) is 2. The first-order valence-corrected chi connectivity index (χ1v) is 5.45. The minimum atomic E-state index is -0.148. The summed E-state index contributed by atoms with van der Waals surface area (Å²) in [6.45, 7) is 7.07. The molecule has 0 aromatic carbocycles. The van der Waals surface area contributed by atoms with Gasteiger partial charge in [0.05, 0.1) is 13.1 Å². The number of rotatable bonds is 8. The summed E-state index contributed by atoms with van der Waals surface area (Å²) in [5, 5.41) is 5.43. The summed E-state index contributed by atoms with van der Waals surface area (Å²) < 4.78 is 0. The molecule has 0 saturated heterocycles. The Bertz CT molecular complexity index is 241. The van der Waals surface area contributed by atoms with E-state index >= 15 is 0 Å². The summed E-state index contributed by atoms with van der Waals surface area (Å²) in [6, 6.07) is 0. The van der Waals surface area contributed by atoms with Gasteiger partial charge in [0.15, 0.2) is 0 Å². The Hall–Kier alpha value is -1.36. The second-order valence-corrected chi connectivity index (χ2v) is 3.41. The lowest BCUT2D eigenvalue weighted by molar-refractivity contribution is -0.135. The highest BCUT2D eigenvalue weighted by Crippen LogP contribution is 1.92. The van der Waals surface area contributed by atoms with E-state index in [-0.39, 0.29) is 24.9 Å². The van der Waals surface area contributed by atoms with Crippen molar-refractivity contribution in [2.75, 3.05) is 33.2 Å². The van der Waals surface area contributed by atoms with Crippen LogP contribution in [0.4, 0.5) is 0 Å². The van der Waals surface area contributed by atoms with Crippen LogP contribution in [0.1, 0.15) is 13.3 Å². The first-order chi connectivity index (χ1) is 7.65. The number of carbonyl (C=O) groups excluding carboxylic acids is 2. The van der Waals surface area contributed by atoms with Gasteiger partial charge in [-0.25, -0.2) is 0 Å². The average Bonchev–Trinajstić information content (AvgIpc) is 2.28. The molecule has 0 aliphatic rings. The molecule has 0 unspecified atom stereocenters.